The third kappa shape index (κ3) is 5.42. The van der Waals surface area contributed by atoms with Crippen LogP contribution in [-0.4, -0.2) is 49.6 Å². The predicted octanol–water partition coefficient (Wildman–Crippen LogP) is 4.67. The molecule has 0 radical (unpaired) electrons. The zero-order valence-electron chi connectivity index (χ0n) is 16.9. The van der Waals surface area contributed by atoms with Crippen LogP contribution in [0.3, 0.4) is 0 Å². The van der Waals surface area contributed by atoms with Gasteiger partial charge in [0, 0.05) is 48.7 Å². The molecule has 0 spiro atoms. The van der Waals surface area contributed by atoms with Gasteiger partial charge in [0.15, 0.2) is 5.96 Å². The van der Waals surface area contributed by atoms with Gasteiger partial charge in [-0.2, -0.15) is 0 Å². The van der Waals surface area contributed by atoms with Gasteiger partial charge in [0.2, 0.25) is 0 Å². The fourth-order valence-electron chi connectivity index (χ4n) is 4.86. The molecule has 28 heavy (non-hydrogen) atoms. The van der Waals surface area contributed by atoms with Gasteiger partial charge in [-0.3, -0.25) is 4.99 Å². The molecule has 2 aliphatic carbocycles. The van der Waals surface area contributed by atoms with Crippen molar-refractivity contribution < 1.29 is 0 Å². The first-order valence-electron chi connectivity index (χ1n) is 10.7. The fraction of sp³-hybridized carbons (Fsp3) is 0.682. The molecule has 6 heteroatoms. The van der Waals surface area contributed by atoms with Crippen molar-refractivity contribution in [1.29, 1.82) is 0 Å². The van der Waals surface area contributed by atoms with Crippen LogP contribution in [0.15, 0.2) is 33.7 Å². The Hall–Kier alpha value is -0.340. The van der Waals surface area contributed by atoms with Crippen LogP contribution in [0.1, 0.15) is 56.9 Å². The molecule has 2 saturated carbocycles. The highest BCUT2D eigenvalue weighted by molar-refractivity contribution is 14.0. The van der Waals surface area contributed by atoms with Crippen LogP contribution in [0.5, 0.6) is 0 Å². The molecule has 0 aromatic heterocycles. The molecule has 1 aromatic carbocycles. The van der Waals surface area contributed by atoms with E-state index in [9.17, 15) is 0 Å². The normalized spacial score (nSPS) is 23.3. The zero-order valence-corrected chi connectivity index (χ0v) is 20.8. The molecule has 1 aliphatic heterocycles. The number of hydrogen-bond acceptors (Lipinski definition) is 2. The van der Waals surface area contributed by atoms with Crippen LogP contribution < -0.4 is 10.6 Å². The van der Waals surface area contributed by atoms with Gasteiger partial charge < -0.3 is 15.5 Å². The highest BCUT2D eigenvalue weighted by Gasteiger charge is 2.44. The van der Waals surface area contributed by atoms with Crippen LogP contribution in [-0.2, 0) is 5.41 Å². The third-order valence-corrected chi connectivity index (χ3v) is 7.31. The predicted molar refractivity (Wildman–Crippen MR) is 132 cm³/mol. The molecule has 2 N–H and O–H groups in total. The molecule has 3 fully saturated rings. The van der Waals surface area contributed by atoms with E-state index in [1.54, 1.807) is 0 Å². The van der Waals surface area contributed by atoms with E-state index in [0.717, 1.165) is 18.5 Å². The van der Waals surface area contributed by atoms with Crippen LogP contribution >= 0.6 is 39.9 Å². The lowest BCUT2D eigenvalue weighted by atomic mass is 9.96. The summed E-state index contributed by atoms with van der Waals surface area (Å²) in [6, 6.07) is 10.2. The van der Waals surface area contributed by atoms with Gasteiger partial charge >= 0.3 is 0 Å². The first-order valence-corrected chi connectivity index (χ1v) is 11.5. The summed E-state index contributed by atoms with van der Waals surface area (Å²) in [5.74, 6) is 0.968. The summed E-state index contributed by atoms with van der Waals surface area (Å²) in [5.41, 5.74) is 1.72. The van der Waals surface area contributed by atoms with E-state index in [2.05, 4.69) is 60.7 Å². The zero-order chi connectivity index (χ0) is 18.7. The minimum absolute atomic E-state index is 0. The van der Waals surface area contributed by atoms with Crippen LogP contribution in [0.25, 0.3) is 0 Å². The van der Waals surface area contributed by atoms with Crippen molar-refractivity contribution in [2.45, 2.75) is 68.9 Å². The van der Waals surface area contributed by atoms with Gasteiger partial charge in [-0.15, -0.1) is 24.0 Å². The lowest BCUT2D eigenvalue weighted by molar-refractivity contribution is 0.150. The maximum atomic E-state index is 4.49. The molecule has 0 unspecified atom stereocenters. The molecule has 156 valence electrons. The summed E-state index contributed by atoms with van der Waals surface area (Å²) in [5, 5.41) is 7.30. The molecule has 1 heterocycles. The minimum atomic E-state index is 0. The highest BCUT2D eigenvalue weighted by Crippen LogP contribution is 2.48. The van der Waals surface area contributed by atoms with Crippen molar-refractivity contribution in [1.82, 2.24) is 15.5 Å². The second-order valence-corrected chi connectivity index (χ2v) is 9.52. The van der Waals surface area contributed by atoms with Gasteiger partial charge in [-0.25, -0.2) is 0 Å². The van der Waals surface area contributed by atoms with E-state index >= 15 is 0 Å². The van der Waals surface area contributed by atoms with E-state index in [0.29, 0.717) is 6.04 Å². The van der Waals surface area contributed by atoms with Gasteiger partial charge in [-0.1, -0.05) is 40.9 Å². The number of likely N-dealkylation sites (tertiary alicyclic amines) is 1. The van der Waals surface area contributed by atoms with Crippen molar-refractivity contribution in [3.63, 3.8) is 0 Å². The summed E-state index contributed by atoms with van der Waals surface area (Å²) in [7, 11) is 1.89. The van der Waals surface area contributed by atoms with Crippen LogP contribution in [0.2, 0.25) is 0 Å². The van der Waals surface area contributed by atoms with Crippen molar-refractivity contribution in [2.24, 2.45) is 4.99 Å². The van der Waals surface area contributed by atoms with Crippen LogP contribution in [0.4, 0.5) is 0 Å². The molecule has 3 aliphatic rings. The summed E-state index contributed by atoms with van der Waals surface area (Å²) >= 11 is 3.61. The first-order chi connectivity index (χ1) is 13.2. The Kier molecular flexibility index (Phi) is 8.07. The van der Waals surface area contributed by atoms with E-state index in [4.69, 9.17) is 0 Å². The molecular weight excluding hydrogens is 527 g/mol. The summed E-state index contributed by atoms with van der Waals surface area (Å²) in [6.45, 7) is 3.44. The molecule has 1 aromatic rings. The molecule has 1 saturated heterocycles. The third-order valence-electron chi connectivity index (χ3n) is 6.82. The number of benzene rings is 1. The molecule has 4 nitrogen and oxygen atoms in total. The SMILES string of the molecule is CN=C(NCC1(c2cccc(Br)c2)CC1)NC1CCN(C2CCCC2)CC1.I. The van der Waals surface area contributed by atoms with Crippen molar-refractivity contribution in [2.75, 3.05) is 26.7 Å². The number of guanidine groups is 1. The standard InChI is InChI=1S/C22H33BrN4.HI/c1-24-21(25-16-22(11-12-22)17-5-4-6-18(23)15-17)26-19-9-13-27(14-10-19)20-7-2-3-8-20;/h4-6,15,19-20H,2-3,7-14,16H2,1H3,(H2,24,25,26);1H. The summed E-state index contributed by atoms with van der Waals surface area (Å²) < 4.78 is 1.17. The molecule has 4 rings (SSSR count). The quantitative estimate of drug-likeness (QED) is 0.312. The van der Waals surface area contributed by atoms with E-state index in [1.807, 2.05) is 7.05 Å². The van der Waals surface area contributed by atoms with Crippen molar-refractivity contribution in [3.05, 3.63) is 34.3 Å². The Labute approximate surface area is 195 Å². The lowest BCUT2D eigenvalue weighted by Crippen LogP contribution is -2.51. The smallest absolute Gasteiger partial charge is 0.191 e. The van der Waals surface area contributed by atoms with E-state index < -0.39 is 0 Å². The number of rotatable bonds is 5. The Morgan fingerprint density at radius 2 is 1.89 bits per heavy atom. The second kappa shape index (κ2) is 10.1. The van der Waals surface area contributed by atoms with E-state index in [1.165, 1.54) is 74.5 Å². The lowest BCUT2D eigenvalue weighted by Gasteiger charge is -2.36. The molecule has 0 amide bonds. The van der Waals surface area contributed by atoms with Gasteiger partial charge in [-0.05, 0) is 56.2 Å². The number of halogens is 2. The number of aliphatic imine (C=N–C) groups is 1. The average Bonchev–Trinajstić information content (AvgIpc) is 3.29. The number of nitrogens with one attached hydrogen (secondary N) is 2. The molecule has 0 atom stereocenters. The number of nitrogens with zero attached hydrogens (tertiary/aromatic N) is 2. The Morgan fingerprint density at radius 1 is 1.18 bits per heavy atom. The fourth-order valence-corrected chi connectivity index (χ4v) is 5.26. The largest absolute Gasteiger partial charge is 0.356 e. The number of piperidine rings is 1. The van der Waals surface area contributed by atoms with Gasteiger partial charge in [0.1, 0.15) is 0 Å². The summed E-state index contributed by atoms with van der Waals surface area (Å²) in [6.07, 6.45) is 10.7. The molecular formula is C22H34BrIN4. The van der Waals surface area contributed by atoms with Gasteiger partial charge in [0.05, 0.1) is 0 Å². The first kappa shape index (κ1) is 22.3. The minimum Gasteiger partial charge on any atom is -0.356 e. The Bertz CT molecular complexity index is 662. The topological polar surface area (TPSA) is 39.7 Å². The summed E-state index contributed by atoms with van der Waals surface area (Å²) in [4.78, 5) is 7.22. The van der Waals surface area contributed by atoms with Crippen LogP contribution in [0, 0.1) is 0 Å². The Balaban J connectivity index is 0.00000225. The van der Waals surface area contributed by atoms with E-state index in [-0.39, 0.29) is 29.4 Å². The monoisotopic (exact) mass is 560 g/mol. The van der Waals surface area contributed by atoms with Crippen molar-refractivity contribution in [3.8, 4) is 0 Å². The van der Waals surface area contributed by atoms with Crippen molar-refractivity contribution >= 4 is 45.9 Å². The van der Waals surface area contributed by atoms with Gasteiger partial charge in [0.25, 0.3) is 0 Å². The molecule has 0 bridgehead atoms. The second-order valence-electron chi connectivity index (χ2n) is 8.61. The highest BCUT2D eigenvalue weighted by atomic mass is 127. The number of hydrogen-bond donors (Lipinski definition) is 2. The maximum absolute atomic E-state index is 4.49. The Morgan fingerprint density at radius 3 is 2.50 bits per heavy atom. The average molecular weight is 561 g/mol. The maximum Gasteiger partial charge on any atom is 0.191 e.